The van der Waals surface area contributed by atoms with Crippen molar-refractivity contribution in [2.45, 2.75) is 63.9 Å². The first kappa shape index (κ1) is 23.1. The third-order valence-corrected chi connectivity index (χ3v) is 6.27. The van der Waals surface area contributed by atoms with E-state index < -0.39 is 48.2 Å². The van der Waals surface area contributed by atoms with E-state index in [1.807, 2.05) is 0 Å². The fourth-order valence-corrected chi connectivity index (χ4v) is 4.74. The summed E-state index contributed by atoms with van der Waals surface area (Å²) in [6.45, 7) is 3.00. The molecule has 4 rings (SSSR count). The Hall–Kier alpha value is -3.02. The molecule has 11 nitrogen and oxygen atoms in total. The average Bonchev–Trinajstić information content (AvgIpc) is 3.13. The molecule has 0 radical (unpaired) electrons. The Labute approximate surface area is 188 Å². The Balaban J connectivity index is 1.88. The summed E-state index contributed by atoms with van der Waals surface area (Å²) >= 11 is 0. The van der Waals surface area contributed by atoms with E-state index in [4.69, 9.17) is 9.47 Å². The van der Waals surface area contributed by atoms with Gasteiger partial charge in [-0.15, -0.1) is 0 Å². The van der Waals surface area contributed by atoms with E-state index in [9.17, 15) is 29.4 Å². The molecule has 0 spiro atoms. The normalized spacial score (nSPS) is 27.5. The van der Waals surface area contributed by atoms with Crippen molar-refractivity contribution in [3.8, 4) is 0 Å². The van der Waals surface area contributed by atoms with Crippen molar-refractivity contribution in [3.63, 3.8) is 0 Å². The summed E-state index contributed by atoms with van der Waals surface area (Å²) in [5, 5.41) is 22.6. The monoisotopic (exact) mass is 461 g/mol. The predicted octanol–water partition coefficient (Wildman–Crippen LogP) is -0.292. The molecular weight excluding hydrogens is 434 g/mol. The summed E-state index contributed by atoms with van der Waals surface area (Å²) in [7, 11) is 0. The zero-order chi connectivity index (χ0) is 23.9. The number of esters is 1. The van der Waals surface area contributed by atoms with Crippen LogP contribution in [-0.4, -0.2) is 56.9 Å². The molecule has 2 aliphatic heterocycles. The molecule has 0 amide bonds. The number of allylic oxidation sites excluding steroid dienone is 3. The zero-order valence-corrected chi connectivity index (χ0v) is 18.4. The second kappa shape index (κ2) is 9.08. The van der Waals surface area contributed by atoms with Crippen LogP contribution in [0.4, 0.5) is 0 Å². The molecule has 0 bridgehead atoms. The second-order valence-corrected chi connectivity index (χ2v) is 8.35. The molecule has 4 N–H and O–H groups in total. The summed E-state index contributed by atoms with van der Waals surface area (Å²) < 4.78 is 11.9. The first-order valence-electron chi connectivity index (χ1n) is 11.0. The molecule has 1 saturated heterocycles. The van der Waals surface area contributed by atoms with Crippen LogP contribution in [0.1, 0.15) is 57.2 Å². The van der Waals surface area contributed by atoms with Crippen molar-refractivity contribution in [2.75, 3.05) is 13.2 Å². The van der Waals surface area contributed by atoms with Crippen LogP contribution in [0.2, 0.25) is 0 Å². The quantitative estimate of drug-likeness (QED) is 0.432. The molecule has 3 aliphatic rings. The fraction of sp³-hybridized carbons (Fsp3) is 0.545. The van der Waals surface area contributed by atoms with Gasteiger partial charge in [0.1, 0.15) is 12.3 Å². The summed E-state index contributed by atoms with van der Waals surface area (Å²) in [6.07, 6.45) is -0.00366. The standard InChI is InChI=1S/C22H27N3O8/c1-3-32-21(30)17-10(2)23-12-5-4-6-13(27)19(12)18(17)11-8-25(22(31)24-20(11)29)16-7-14(28)15(9-26)33-16/h8,14-16,18,23,26,28H,3-7,9H2,1-2H3,(H,24,29,31)/t14-,15+,16+,18?/m0/s1. The second-order valence-electron chi connectivity index (χ2n) is 8.35. The molecule has 11 heteroatoms. The molecule has 33 heavy (non-hydrogen) atoms. The number of aromatic nitrogens is 2. The molecule has 1 aliphatic carbocycles. The van der Waals surface area contributed by atoms with E-state index in [0.717, 1.165) is 4.57 Å². The van der Waals surface area contributed by atoms with Crippen LogP contribution >= 0.6 is 0 Å². The lowest BCUT2D eigenvalue weighted by atomic mass is 9.76. The Bertz CT molecular complexity index is 1160. The summed E-state index contributed by atoms with van der Waals surface area (Å²) in [6, 6.07) is 0. The van der Waals surface area contributed by atoms with Crippen molar-refractivity contribution >= 4 is 11.8 Å². The number of aliphatic hydroxyl groups excluding tert-OH is 2. The first-order valence-corrected chi connectivity index (χ1v) is 11.0. The van der Waals surface area contributed by atoms with Gasteiger partial charge in [0, 0.05) is 41.6 Å². The zero-order valence-electron chi connectivity index (χ0n) is 18.4. The van der Waals surface area contributed by atoms with Crippen LogP contribution < -0.4 is 16.6 Å². The molecule has 1 fully saturated rings. The van der Waals surface area contributed by atoms with Crippen molar-refractivity contribution in [1.29, 1.82) is 0 Å². The van der Waals surface area contributed by atoms with Gasteiger partial charge in [0.05, 0.1) is 30.8 Å². The maximum Gasteiger partial charge on any atom is 0.336 e. The highest BCUT2D eigenvalue weighted by molar-refractivity contribution is 6.03. The van der Waals surface area contributed by atoms with Crippen LogP contribution in [-0.2, 0) is 19.1 Å². The lowest BCUT2D eigenvalue weighted by Crippen LogP contribution is -2.40. The SMILES string of the molecule is CCOC(=O)C1=C(C)NC2=C(C(=O)CCC2)C1c1cn([C@H]2C[C@H](O)[C@@H](CO)O2)c(=O)[nH]c1=O. The van der Waals surface area contributed by atoms with Crippen LogP contribution in [0, 0.1) is 0 Å². The number of nitrogens with zero attached hydrogens (tertiary/aromatic N) is 1. The van der Waals surface area contributed by atoms with Gasteiger partial charge in [0.2, 0.25) is 0 Å². The smallest absolute Gasteiger partial charge is 0.336 e. The van der Waals surface area contributed by atoms with Gasteiger partial charge in [-0.1, -0.05) is 0 Å². The van der Waals surface area contributed by atoms with E-state index in [-0.39, 0.29) is 36.4 Å². The maximum absolute atomic E-state index is 13.0. The first-order chi connectivity index (χ1) is 15.8. The van der Waals surface area contributed by atoms with Crippen LogP contribution in [0.15, 0.2) is 38.3 Å². The van der Waals surface area contributed by atoms with Gasteiger partial charge in [-0.3, -0.25) is 19.1 Å². The molecule has 1 aromatic rings. The lowest BCUT2D eigenvalue weighted by molar-refractivity contribution is -0.138. The van der Waals surface area contributed by atoms with E-state index >= 15 is 0 Å². The molecule has 0 saturated carbocycles. The van der Waals surface area contributed by atoms with E-state index in [0.29, 0.717) is 29.8 Å². The predicted molar refractivity (Wildman–Crippen MR) is 114 cm³/mol. The highest BCUT2D eigenvalue weighted by atomic mass is 16.5. The number of carbonyl (C=O) groups excluding carboxylic acids is 2. The van der Waals surface area contributed by atoms with Gasteiger partial charge in [-0.05, 0) is 26.7 Å². The molecule has 3 heterocycles. The van der Waals surface area contributed by atoms with Gasteiger partial charge in [0.25, 0.3) is 5.56 Å². The molecular formula is C22H27N3O8. The number of hydrogen-bond donors (Lipinski definition) is 4. The molecule has 4 atom stereocenters. The lowest BCUT2D eigenvalue weighted by Gasteiger charge is -2.33. The number of aliphatic hydroxyl groups is 2. The van der Waals surface area contributed by atoms with Crippen molar-refractivity contribution in [2.24, 2.45) is 0 Å². The highest BCUT2D eigenvalue weighted by Gasteiger charge is 2.41. The minimum Gasteiger partial charge on any atom is -0.463 e. The van der Waals surface area contributed by atoms with Crippen molar-refractivity contribution in [3.05, 3.63) is 55.1 Å². The van der Waals surface area contributed by atoms with Gasteiger partial charge < -0.3 is 25.0 Å². The number of rotatable bonds is 5. The average molecular weight is 461 g/mol. The summed E-state index contributed by atoms with van der Waals surface area (Å²) in [4.78, 5) is 53.7. The highest BCUT2D eigenvalue weighted by Crippen LogP contribution is 2.41. The van der Waals surface area contributed by atoms with Gasteiger partial charge in [0.15, 0.2) is 5.78 Å². The largest absolute Gasteiger partial charge is 0.463 e. The Morgan fingerprint density at radius 2 is 2.06 bits per heavy atom. The Morgan fingerprint density at radius 1 is 1.30 bits per heavy atom. The third-order valence-electron chi connectivity index (χ3n) is 6.27. The third kappa shape index (κ3) is 4.07. The van der Waals surface area contributed by atoms with E-state index in [1.54, 1.807) is 13.8 Å². The number of hydrogen-bond acceptors (Lipinski definition) is 9. The maximum atomic E-state index is 13.0. The topological polar surface area (TPSA) is 160 Å². The van der Waals surface area contributed by atoms with Gasteiger partial charge >= 0.3 is 11.7 Å². The minimum absolute atomic E-state index is 0.0202. The molecule has 0 aromatic carbocycles. The van der Waals surface area contributed by atoms with E-state index in [2.05, 4.69) is 10.3 Å². The van der Waals surface area contributed by atoms with Crippen LogP contribution in [0.25, 0.3) is 0 Å². The Morgan fingerprint density at radius 3 is 2.73 bits per heavy atom. The Kier molecular flexibility index (Phi) is 6.37. The van der Waals surface area contributed by atoms with Crippen LogP contribution in [0.3, 0.4) is 0 Å². The molecule has 1 aromatic heterocycles. The molecule has 178 valence electrons. The number of H-pyrrole nitrogens is 1. The number of nitrogens with one attached hydrogen (secondary N) is 2. The fourth-order valence-electron chi connectivity index (χ4n) is 4.74. The number of dihydropyridines is 1. The van der Waals surface area contributed by atoms with Gasteiger partial charge in [-0.2, -0.15) is 0 Å². The summed E-state index contributed by atoms with van der Waals surface area (Å²) in [5.41, 5.74) is 0.0696. The van der Waals surface area contributed by atoms with Crippen molar-refractivity contribution < 1.29 is 29.3 Å². The van der Waals surface area contributed by atoms with Crippen molar-refractivity contribution in [1.82, 2.24) is 14.9 Å². The van der Waals surface area contributed by atoms with E-state index in [1.165, 1.54) is 6.20 Å². The molecule has 1 unspecified atom stereocenters. The number of aromatic amines is 1. The number of carbonyl (C=O) groups is 2. The van der Waals surface area contributed by atoms with Crippen LogP contribution in [0.5, 0.6) is 0 Å². The number of ether oxygens (including phenoxy) is 2. The number of Topliss-reactive ketones (excluding diaryl/α,β-unsaturated/α-hetero) is 1. The van der Waals surface area contributed by atoms with Gasteiger partial charge in [-0.25, -0.2) is 9.59 Å². The minimum atomic E-state index is -1.02. The number of ketones is 1. The summed E-state index contributed by atoms with van der Waals surface area (Å²) in [5.74, 6) is -1.88.